The first-order chi connectivity index (χ1) is 11.0. The Kier molecular flexibility index (Phi) is 5.71. The van der Waals surface area contributed by atoms with E-state index in [1.807, 2.05) is 39.0 Å². The van der Waals surface area contributed by atoms with Crippen LogP contribution in [-0.4, -0.2) is 28.6 Å². The molecule has 0 aliphatic carbocycles. The minimum atomic E-state index is -0.155. The number of hydrogen-bond donors (Lipinski definition) is 3. The van der Waals surface area contributed by atoms with Crippen LogP contribution in [0.2, 0.25) is 0 Å². The molecule has 0 radical (unpaired) electrons. The number of nitrogens with zero attached hydrogens (tertiary/aromatic N) is 1. The number of carbonyl (C=O) groups excluding carboxylic acids is 1. The van der Waals surface area contributed by atoms with Gasteiger partial charge in [-0.05, 0) is 55.7 Å². The van der Waals surface area contributed by atoms with Crippen LogP contribution in [0.4, 0.5) is 11.5 Å². The lowest BCUT2D eigenvalue weighted by Gasteiger charge is -2.14. The van der Waals surface area contributed by atoms with E-state index in [4.69, 9.17) is 0 Å². The van der Waals surface area contributed by atoms with Crippen LogP contribution in [0.1, 0.15) is 34.8 Å². The summed E-state index contributed by atoms with van der Waals surface area (Å²) in [5, 5.41) is 15.1. The number of pyridine rings is 1. The van der Waals surface area contributed by atoms with Gasteiger partial charge in [-0.3, -0.25) is 4.79 Å². The van der Waals surface area contributed by atoms with Crippen LogP contribution < -0.4 is 10.6 Å². The van der Waals surface area contributed by atoms with Crippen molar-refractivity contribution in [1.29, 1.82) is 0 Å². The minimum Gasteiger partial charge on any atom is -0.394 e. The molecule has 5 nitrogen and oxygen atoms in total. The summed E-state index contributed by atoms with van der Waals surface area (Å²) in [5.41, 5.74) is 3.51. The highest BCUT2D eigenvalue weighted by Crippen LogP contribution is 2.14. The number of amides is 1. The molecule has 23 heavy (non-hydrogen) atoms. The van der Waals surface area contributed by atoms with Crippen molar-refractivity contribution in [3.8, 4) is 0 Å². The number of anilines is 2. The lowest BCUT2D eigenvalue weighted by Crippen LogP contribution is -2.23. The molecule has 1 atom stereocenters. The van der Waals surface area contributed by atoms with Gasteiger partial charge in [-0.1, -0.05) is 13.0 Å². The molecule has 0 aliphatic rings. The van der Waals surface area contributed by atoms with E-state index >= 15 is 0 Å². The molecule has 1 heterocycles. The van der Waals surface area contributed by atoms with E-state index in [2.05, 4.69) is 15.6 Å². The van der Waals surface area contributed by atoms with Crippen molar-refractivity contribution < 1.29 is 9.90 Å². The molecule has 2 rings (SSSR count). The van der Waals surface area contributed by atoms with Gasteiger partial charge in [-0.25, -0.2) is 4.98 Å². The normalized spacial score (nSPS) is 11.8. The van der Waals surface area contributed by atoms with Gasteiger partial charge in [0.05, 0.1) is 24.5 Å². The Balaban J connectivity index is 2.02. The van der Waals surface area contributed by atoms with E-state index < -0.39 is 0 Å². The van der Waals surface area contributed by atoms with E-state index in [9.17, 15) is 9.90 Å². The van der Waals surface area contributed by atoms with Crippen molar-refractivity contribution >= 4 is 17.4 Å². The molecule has 0 bridgehead atoms. The molecule has 0 saturated heterocycles. The van der Waals surface area contributed by atoms with Crippen LogP contribution in [0.5, 0.6) is 0 Å². The van der Waals surface area contributed by atoms with E-state index in [-0.39, 0.29) is 18.6 Å². The van der Waals surface area contributed by atoms with Gasteiger partial charge < -0.3 is 15.7 Å². The fraction of sp³-hybridized carbons (Fsp3) is 0.333. The number of benzene rings is 1. The van der Waals surface area contributed by atoms with Gasteiger partial charge in [0.1, 0.15) is 5.82 Å². The Morgan fingerprint density at radius 3 is 2.57 bits per heavy atom. The molecule has 0 fully saturated rings. The highest BCUT2D eigenvalue weighted by molar-refractivity contribution is 6.04. The number of carbonyl (C=O) groups is 1. The fourth-order valence-corrected chi connectivity index (χ4v) is 2.13. The van der Waals surface area contributed by atoms with Crippen LogP contribution in [0.3, 0.4) is 0 Å². The largest absolute Gasteiger partial charge is 0.394 e. The van der Waals surface area contributed by atoms with E-state index in [1.54, 1.807) is 18.3 Å². The number of nitrogens with one attached hydrogen (secondary N) is 2. The van der Waals surface area contributed by atoms with Crippen molar-refractivity contribution in [1.82, 2.24) is 4.98 Å². The predicted molar refractivity (Wildman–Crippen MR) is 92.9 cm³/mol. The third-order valence-corrected chi connectivity index (χ3v) is 3.86. The summed E-state index contributed by atoms with van der Waals surface area (Å²) in [6, 6.07) is 9.19. The van der Waals surface area contributed by atoms with Crippen molar-refractivity contribution in [3.63, 3.8) is 0 Å². The van der Waals surface area contributed by atoms with Crippen LogP contribution in [-0.2, 0) is 0 Å². The molecular weight excluding hydrogens is 290 g/mol. The minimum absolute atomic E-state index is 0.0153. The molecule has 1 aromatic carbocycles. The summed E-state index contributed by atoms with van der Waals surface area (Å²) in [5.74, 6) is 0.521. The maximum Gasteiger partial charge on any atom is 0.255 e. The van der Waals surface area contributed by atoms with Crippen molar-refractivity contribution in [2.75, 3.05) is 17.2 Å². The van der Waals surface area contributed by atoms with Crippen LogP contribution in [0.25, 0.3) is 0 Å². The monoisotopic (exact) mass is 313 g/mol. The zero-order chi connectivity index (χ0) is 16.8. The molecule has 0 saturated carbocycles. The molecule has 5 heteroatoms. The summed E-state index contributed by atoms with van der Waals surface area (Å²) in [4.78, 5) is 16.5. The van der Waals surface area contributed by atoms with Gasteiger partial charge in [0, 0.05) is 5.56 Å². The molecule has 122 valence electrons. The van der Waals surface area contributed by atoms with Crippen molar-refractivity contribution in [2.45, 2.75) is 33.2 Å². The van der Waals surface area contributed by atoms with Gasteiger partial charge in [0.25, 0.3) is 5.91 Å². The number of aromatic nitrogens is 1. The average Bonchev–Trinajstić information content (AvgIpc) is 2.56. The summed E-state index contributed by atoms with van der Waals surface area (Å²) >= 11 is 0. The van der Waals surface area contributed by atoms with Crippen LogP contribution in [0.15, 0.2) is 36.5 Å². The number of aliphatic hydroxyl groups excluding tert-OH is 1. The Hall–Kier alpha value is -2.40. The molecule has 2 aromatic rings. The molecule has 1 amide bonds. The van der Waals surface area contributed by atoms with E-state index in [0.717, 1.165) is 17.5 Å². The fourth-order valence-electron chi connectivity index (χ4n) is 2.13. The summed E-state index contributed by atoms with van der Waals surface area (Å²) in [6.07, 6.45) is 2.41. The second-order valence-corrected chi connectivity index (χ2v) is 5.62. The van der Waals surface area contributed by atoms with Gasteiger partial charge in [-0.15, -0.1) is 0 Å². The lowest BCUT2D eigenvalue weighted by atomic mass is 10.1. The Morgan fingerprint density at radius 1 is 1.22 bits per heavy atom. The Labute approximate surface area is 136 Å². The Morgan fingerprint density at radius 2 is 2.00 bits per heavy atom. The average molecular weight is 313 g/mol. The first kappa shape index (κ1) is 17.0. The number of aryl methyl sites for hydroxylation is 2. The van der Waals surface area contributed by atoms with Crippen molar-refractivity contribution in [2.24, 2.45) is 0 Å². The summed E-state index contributed by atoms with van der Waals surface area (Å²) < 4.78 is 0. The van der Waals surface area contributed by atoms with Gasteiger partial charge in [0.2, 0.25) is 0 Å². The molecule has 1 aromatic heterocycles. The highest BCUT2D eigenvalue weighted by atomic mass is 16.3. The maximum atomic E-state index is 12.2. The van der Waals surface area contributed by atoms with Crippen LogP contribution in [0, 0.1) is 13.8 Å². The zero-order valence-corrected chi connectivity index (χ0v) is 13.8. The molecule has 3 N–H and O–H groups in total. The Bertz CT molecular complexity index is 664. The number of rotatable bonds is 6. The SMILES string of the molecule is CCC(CO)Nc1ccc(NC(=O)c2ccc(C)c(C)c2)cn1. The van der Waals surface area contributed by atoms with Gasteiger partial charge >= 0.3 is 0 Å². The molecular formula is C18H23N3O2. The second-order valence-electron chi connectivity index (χ2n) is 5.62. The van der Waals surface area contributed by atoms with E-state index in [0.29, 0.717) is 17.1 Å². The topological polar surface area (TPSA) is 74.2 Å². The zero-order valence-electron chi connectivity index (χ0n) is 13.8. The van der Waals surface area contributed by atoms with E-state index in [1.165, 1.54) is 0 Å². The molecule has 0 spiro atoms. The summed E-state index contributed by atoms with van der Waals surface area (Å²) in [6.45, 7) is 6.05. The van der Waals surface area contributed by atoms with Gasteiger partial charge in [-0.2, -0.15) is 0 Å². The maximum absolute atomic E-state index is 12.2. The quantitative estimate of drug-likeness (QED) is 0.766. The smallest absolute Gasteiger partial charge is 0.255 e. The predicted octanol–water partition coefficient (Wildman–Crippen LogP) is 3.13. The summed E-state index contributed by atoms with van der Waals surface area (Å²) in [7, 11) is 0. The first-order valence-corrected chi connectivity index (χ1v) is 7.75. The van der Waals surface area contributed by atoms with Gasteiger partial charge in [0.15, 0.2) is 0 Å². The van der Waals surface area contributed by atoms with Crippen LogP contribution >= 0.6 is 0 Å². The lowest BCUT2D eigenvalue weighted by molar-refractivity contribution is 0.102. The standard InChI is InChI=1S/C18H23N3O2/c1-4-15(11-22)20-17-8-7-16(10-19-17)21-18(23)14-6-5-12(2)13(3)9-14/h5-10,15,22H,4,11H2,1-3H3,(H,19,20)(H,21,23). The first-order valence-electron chi connectivity index (χ1n) is 7.75. The number of aliphatic hydroxyl groups is 1. The third kappa shape index (κ3) is 4.53. The highest BCUT2D eigenvalue weighted by Gasteiger charge is 2.08. The third-order valence-electron chi connectivity index (χ3n) is 3.86. The second kappa shape index (κ2) is 7.74. The number of hydrogen-bond acceptors (Lipinski definition) is 4. The molecule has 1 unspecified atom stereocenters. The molecule has 0 aliphatic heterocycles. The van der Waals surface area contributed by atoms with Crippen molar-refractivity contribution in [3.05, 3.63) is 53.2 Å².